The molecule has 0 bridgehead atoms. The minimum atomic E-state index is -0.0639. The smallest absolute Gasteiger partial charge is 0.251 e. The Hall–Kier alpha value is -2.12. The summed E-state index contributed by atoms with van der Waals surface area (Å²) in [6, 6.07) is 11.0. The Morgan fingerprint density at radius 3 is 2.55 bits per heavy atom. The van der Waals surface area contributed by atoms with E-state index in [-0.39, 0.29) is 11.3 Å². The van der Waals surface area contributed by atoms with Gasteiger partial charge >= 0.3 is 0 Å². The van der Waals surface area contributed by atoms with Gasteiger partial charge in [0.15, 0.2) is 0 Å². The average molecular weight is 310 g/mol. The fraction of sp³-hybridized carbons (Fsp3) is 0.333. The van der Waals surface area contributed by atoms with Crippen molar-refractivity contribution in [3.05, 3.63) is 57.8 Å². The standard InChI is InChI=1S/C18H18N2OS/c19-11-14-3-5-15(6-4-14)17(21)20-13-18(8-1-2-9-18)16-7-10-22-12-16/h3-7,10,12H,1-2,8-9,13H2,(H,20,21). The number of nitrogens with zero attached hydrogens (tertiary/aromatic N) is 1. The van der Waals surface area contributed by atoms with E-state index in [1.165, 1.54) is 18.4 Å². The molecule has 1 aromatic carbocycles. The van der Waals surface area contributed by atoms with E-state index in [1.807, 2.05) is 0 Å². The predicted molar refractivity (Wildman–Crippen MR) is 88.0 cm³/mol. The maximum atomic E-state index is 12.3. The van der Waals surface area contributed by atoms with E-state index in [2.05, 4.69) is 28.2 Å². The van der Waals surface area contributed by atoms with E-state index in [9.17, 15) is 4.79 Å². The lowest BCUT2D eigenvalue weighted by Gasteiger charge is -2.28. The molecular weight excluding hydrogens is 292 g/mol. The molecule has 0 aliphatic heterocycles. The Bertz CT molecular complexity index is 677. The predicted octanol–water partition coefficient (Wildman–Crippen LogP) is 3.86. The van der Waals surface area contributed by atoms with Crippen LogP contribution in [0.4, 0.5) is 0 Å². The van der Waals surface area contributed by atoms with E-state index in [0.29, 0.717) is 17.7 Å². The van der Waals surface area contributed by atoms with Crippen LogP contribution < -0.4 is 5.32 Å². The zero-order valence-electron chi connectivity index (χ0n) is 12.3. The Balaban J connectivity index is 1.70. The van der Waals surface area contributed by atoms with Crippen LogP contribution in [-0.4, -0.2) is 12.5 Å². The zero-order chi connectivity index (χ0) is 15.4. The van der Waals surface area contributed by atoms with Gasteiger partial charge in [-0.3, -0.25) is 4.79 Å². The second-order valence-electron chi connectivity index (χ2n) is 5.87. The summed E-state index contributed by atoms with van der Waals surface area (Å²) < 4.78 is 0. The Morgan fingerprint density at radius 2 is 1.95 bits per heavy atom. The van der Waals surface area contributed by atoms with Crippen LogP contribution in [0.5, 0.6) is 0 Å². The van der Waals surface area contributed by atoms with Crippen molar-refractivity contribution < 1.29 is 4.79 Å². The van der Waals surface area contributed by atoms with Crippen LogP contribution >= 0.6 is 11.3 Å². The molecule has 1 amide bonds. The van der Waals surface area contributed by atoms with Gasteiger partial charge in [0.1, 0.15) is 0 Å². The summed E-state index contributed by atoms with van der Waals surface area (Å²) in [6.07, 6.45) is 4.72. The number of nitriles is 1. The maximum Gasteiger partial charge on any atom is 0.251 e. The second kappa shape index (κ2) is 6.33. The first kappa shape index (κ1) is 14.8. The molecule has 3 nitrogen and oxygen atoms in total. The molecule has 1 aliphatic rings. The maximum absolute atomic E-state index is 12.3. The zero-order valence-corrected chi connectivity index (χ0v) is 13.2. The molecule has 1 saturated carbocycles. The third-order valence-electron chi connectivity index (χ3n) is 4.56. The highest BCUT2D eigenvalue weighted by Gasteiger charge is 2.36. The molecule has 1 fully saturated rings. The highest BCUT2D eigenvalue weighted by Crippen LogP contribution is 2.41. The monoisotopic (exact) mass is 310 g/mol. The number of hydrogen-bond acceptors (Lipinski definition) is 3. The Morgan fingerprint density at radius 1 is 1.23 bits per heavy atom. The van der Waals surface area contributed by atoms with Crippen molar-refractivity contribution in [2.75, 3.05) is 6.54 Å². The second-order valence-corrected chi connectivity index (χ2v) is 6.65. The van der Waals surface area contributed by atoms with Gasteiger partial charge in [0.25, 0.3) is 5.91 Å². The van der Waals surface area contributed by atoms with Crippen molar-refractivity contribution in [1.82, 2.24) is 5.32 Å². The van der Waals surface area contributed by atoms with Gasteiger partial charge < -0.3 is 5.32 Å². The summed E-state index contributed by atoms with van der Waals surface area (Å²) >= 11 is 1.72. The number of amides is 1. The average Bonchev–Trinajstić information content (AvgIpc) is 3.24. The van der Waals surface area contributed by atoms with Gasteiger partial charge in [0.05, 0.1) is 11.6 Å². The van der Waals surface area contributed by atoms with Crippen LogP contribution in [-0.2, 0) is 5.41 Å². The largest absolute Gasteiger partial charge is 0.351 e. The molecular formula is C18H18N2OS. The Kier molecular flexibility index (Phi) is 4.26. The summed E-state index contributed by atoms with van der Waals surface area (Å²) in [4.78, 5) is 12.3. The van der Waals surface area contributed by atoms with Crippen molar-refractivity contribution in [2.45, 2.75) is 31.1 Å². The third kappa shape index (κ3) is 2.90. The van der Waals surface area contributed by atoms with Gasteiger partial charge in [0.2, 0.25) is 0 Å². The van der Waals surface area contributed by atoms with Gasteiger partial charge in [-0.1, -0.05) is 12.8 Å². The lowest BCUT2D eigenvalue weighted by atomic mass is 9.80. The van der Waals surface area contributed by atoms with E-state index >= 15 is 0 Å². The van der Waals surface area contributed by atoms with Gasteiger partial charge in [0, 0.05) is 17.5 Å². The number of hydrogen-bond donors (Lipinski definition) is 1. The highest BCUT2D eigenvalue weighted by atomic mass is 32.1. The van der Waals surface area contributed by atoms with Crippen LogP contribution in [0.25, 0.3) is 0 Å². The van der Waals surface area contributed by atoms with Gasteiger partial charge in [-0.2, -0.15) is 16.6 Å². The summed E-state index contributed by atoms with van der Waals surface area (Å²) in [7, 11) is 0. The highest BCUT2D eigenvalue weighted by molar-refractivity contribution is 7.08. The summed E-state index contributed by atoms with van der Waals surface area (Å²) in [6.45, 7) is 0.683. The van der Waals surface area contributed by atoms with Crippen molar-refractivity contribution in [3.63, 3.8) is 0 Å². The summed E-state index contributed by atoms with van der Waals surface area (Å²) in [5.74, 6) is -0.0639. The number of benzene rings is 1. The minimum Gasteiger partial charge on any atom is -0.351 e. The summed E-state index contributed by atoms with van der Waals surface area (Å²) in [5.41, 5.74) is 2.64. The lowest BCUT2D eigenvalue weighted by Crippen LogP contribution is -2.38. The number of carbonyl (C=O) groups excluding carboxylic acids is 1. The molecule has 1 N–H and O–H groups in total. The lowest BCUT2D eigenvalue weighted by molar-refractivity contribution is 0.0943. The van der Waals surface area contributed by atoms with Crippen molar-refractivity contribution in [1.29, 1.82) is 5.26 Å². The number of nitrogens with one attached hydrogen (secondary N) is 1. The molecule has 0 radical (unpaired) electrons. The third-order valence-corrected chi connectivity index (χ3v) is 5.24. The first-order valence-electron chi connectivity index (χ1n) is 7.55. The molecule has 1 aromatic heterocycles. The fourth-order valence-electron chi connectivity index (χ4n) is 3.23. The normalized spacial score (nSPS) is 16.1. The molecule has 0 spiro atoms. The van der Waals surface area contributed by atoms with E-state index in [4.69, 9.17) is 5.26 Å². The van der Waals surface area contributed by atoms with Crippen LogP contribution in [0.15, 0.2) is 41.1 Å². The molecule has 3 rings (SSSR count). The molecule has 22 heavy (non-hydrogen) atoms. The molecule has 0 saturated heterocycles. The summed E-state index contributed by atoms with van der Waals surface area (Å²) in [5, 5.41) is 16.2. The van der Waals surface area contributed by atoms with Crippen molar-refractivity contribution >= 4 is 17.2 Å². The van der Waals surface area contributed by atoms with Crippen LogP contribution in [0.2, 0.25) is 0 Å². The SMILES string of the molecule is N#Cc1ccc(C(=O)NCC2(c3ccsc3)CCCC2)cc1. The van der Waals surface area contributed by atoms with E-state index in [1.54, 1.807) is 35.6 Å². The number of rotatable bonds is 4. The molecule has 112 valence electrons. The van der Waals surface area contributed by atoms with Crippen molar-refractivity contribution in [2.24, 2.45) is 0 Å². The van der Waals surface area contributed by atoms with E-state index in [0.717, 1.165) is 12.8 Å². The fourth-order valence-corrected chi connectivity index (χ4v) is 4.01. The quantitative estimate of drug-likeness (QED) is 0.932. The van der Waals surface area contributed by atoms with E-state index < -0.39 is 0 Å². The van der Waals surface area contributed by atoms with Crippen LogP contribution in [0.3, 0.4) is 0 Å². The molecule has 4 heteroatoms. The molecule has 1 heterocycles. The number of thiophene rings is 1. The molecule has 0 atom stereocenters. The Labute approximate surface area is 134 Å². The first-order valence-corrected chi connectivity index (χ1v) is 8.49. The van der Waals surface area contributed by atoms with Gasteiger partial charge in [-0.05, 0) is 59.5 Å². The van der Waals surface area contributed by atoms with Crippen molar-refractivity contribution in [3.8, 4) is 6.07 Å². The number of carbonyl (C=O) groups is 1. The van der Waals surface area contributed by atoms with Gasteiger partial charge in [-0.25, -0.2) is 0 Å². The first-order chi connectivity index (χ1) is 10.7. The van der Waals surface area contributed by atoms with Gasteiger partial charge in [-0.15, -0.1) is 0 Å². The molecule has 1 aliphatic carbocycles. The van der Waals surface area contributed by atoms with Crippen LogP contribution in [0, 0.1) is 11.3 Å². The minimum absolute atomic E-state index is 0.0639. The molecule has 0 unspecified atom stereocenters. The van der Waals surface area contributed by atoms with Crippen LogP contribution in [0.1, 0.15) is 47.2 Å². The molecule has 2 aromatic rings. The topological polar surface area (TPSA) is 52.9 Å².